The van der Waals surface area contributed by atoms with Crippen molar-refractivity contribution in [3.63, 3.8) is 0 Å². The molecule has 31 heavy (non-hydrogen) atoms. The molecule has 3 fully saturated rings. The lowest BCUT2D eigenvalue weighted by Gasteiger charge is -2.53. The van der Waals surface area contributed by atoms with Crippen LogP contribution in [0.4, 0.5) is 4.79 Å². The van der Waals surface area contributed by atoms with Gasteiger partial charge in [0.1, 0.15) is 0 Å². The molecule has 1 saturated heterocycles. The lowest BCUT2D eigenvalue weighted by Crippen LogP contribution is -2.59. The van der Waals surface area contributed by atoms with Gasteiger partial charge in [0.15, 0.2) is 0 Å². The lowest BCUT2D eigenvalue weighted by molar-refractivity contribution is -0.144. The van der Waals surface area contributed by atoms with Crippen LogP contribution in [0.5, 0.6) is 0 Å². The summed E-state index contributed by atoms with van der Waals surface area (Å²) in [5.74, 6) is 0.838. The van der Waals surface area contributed by atoms with Crippen molar-refractivity contribution in [2.75, 3.05) is 20.2 Å². The molecule has 1 aromatic heterocycles. The number of methoxy groups -OCH3 is 1. The van der Waals surface area contributed by atoms with Gasteiger partial charge >= 0.3 is 6.09 Å². The smallest absolute Gasteiger partial charge is 0.407 e. The van der Waals surface area contributed by atoms with E-state index >= 15 is 0 Å². The Balaban J connectivity index is 1.26. The van der Waals surface area contributed by atoms with Crippen molar-refractivity contribution in [3.05, 3.63) is 29.6 Å². The molecule has 6 nitrogen and oxygen atoms in total. The molecule has 6 heteroatoms. The van der Waals surface area contributed by atoms with E-state index in [2.05, 4.69) is 53.9 Å². The van der Waals surface area contributed by atoms with E-state index in [4.69, 9.17) is 4.98 Å². The van der Waals surface area contributed by atoms with Crippen LogP contribution < -0.4 is 5.32 Å². The van der Waals surface area contributed by atoms with Gasteiger partial charge in [0.05, 0.1) is 7.11 Å². The lowest BCUT2D eigenvalue weighted by atomic mass is 9.56. The van der Waals surface area contributed by atoms with E-state index in [-0.39, 0.29) is 22.8 Å². The van der Waals surface area contributed by atoms with Gasteiger partial charge < -0.3 is 15.0 Å². The number of alkyl carbamates (subject to hydrolysis) is 1. The Bertz CT molecular complexity index is 838. The highest BCUT2D eigenvalue weighted by molar-refractivity contribution is 5.81. The number of nitrogens with one attached hydrogen (secondary N) is 1. The van der Waals surface area contributed by atoms with E-state index in [9.17, 15) is 9.59 Å². The number of hydrogen-bond acceptors (Lipinski definition) is 4. The van der Waals surface area contributed by atoms with E-state index in [0.29, 0.717) is 24.2 Å². The molecular formula is C25H37N3O3. The van der Waals surface area contributed by atoms with Crippen molar-refractivity contribution in [2.24, 2.45) is 11.3 Å². The third kappa shape index (κ3) is 4.44. The normalized spacial score (nSPS) is 27.9. The Kier molecular flexibility index (Phi) is 5.55. The molecule has 2 aliphatic carbocycles. The van der Waals surface area contributed by atoms with Crippen LogP contribution in [0.3, 0.4) is 0 Å². The standard InChI is InChI=1S/C25H37N3O3/c1-23(2,3)20-8-6-7-19(26-20)17-15-25(16-17)9-11-28(12-10-25)21(29)18-13-24(4,14-18)27-22(30)31-5/h6-8,17-18H,9-16H2,1-5H3,(H,27,30)/t18-,24+. The summed E-state index contributed by atoms with van der Waals surface area (Å²) in [7, 11) is 1.37. The molecule has 4 rings (SSSR count). The van der Waals surface area contributed by atoms with Gasteiger partial charge in [-0.15, -0.1) is 0 Å². The summed E-state index contributed by atoms with van der Waals surface area (Å²) < 4.78 is 4.69. The average molecular weight is 428 g/mol. The number of hydrogen-bond donors (Lipinski definition) is 1. The second-order valence-electron chi connectivity index (χ2n) is 11.4. The fourth-order valence-electron chi connectivity index (χ4n) is 5.76. The van der Waals surface area contributed by atoms with Gasteiger partial charge in [-0.3, -0.25) is 9.78 Å². The van der Waals surface area contributed by atoms with Gasteiger partial charge in [-0.2, -0.15) is 0 Å². The fraction of sp³-hybridized carbons (Fsp3) is 0.720. The molecule has 1 spiro atoms. The first-order valence-corrected chi connectivity index (χ1v) is 11.6. The molecule has 1 aliphatic heterocycles. The molecule has 0 unspecified atom stereocenters. The monoisotopic (exact) mass is 427 g/mol. The maximum absolute atomic E-state index is 12.9. The molecule has 2 heterocycles. The third-order valence-electron chi connectivity index (χ3n) is 7.78. The van der Waals surface area contributed by atoms with Gasteiger partial charge in [0.2, 0.25) is 5.91 Å². The summed E-state index contributed by atoms with van der Waals surface area (Å²) in [5, 5.41) is 2.86. The zero-order valence-electron chi connectivity index (χ0n) is 19.7. The average Bonchev–Trinajstić information content (AvgIpc) is 2.69. The van der Waals surface area contributed by atoms with E-state index in [1.807, 2.05) is 6.92 Å². The minimum atomic E-state index is -0.421. The highest BCUT2D eigenvalue weighted by Crippen LogP contribution is 2.56. The van der Waals surface area contributed by atoms with Gasteiger partial charge in [-0.05, 0) is 63.0 Å². The summed E-state index contributed by atoms with van der Waals surface area (Å²) >= 11 is 0. The van der Waals surface area contributed by atoms with Crippen molar-refractivity contribution in [1.29, 1.82) is 0 Å². The zero-order valence-corrected chi connectivity index (χ0v) is 19.7. The van der Waals surface area contributed by atoms with Crippen LogP contribution in [0, 0.1) is 11.3 Å². The molecule has 0 atom stereocenters. The van der Waals surface area contributed by atoms with E-state index in [1.54, 1.807) is 0 Å². The molecule has 0 bridgehead atoms. The van der Waals surface area contributed by atoms with Crippen LogP contribution in [-0.2, 0) is 14.9 Å². The summed E-state index contributed by atoms with van der Waals surface area (Å²) in [5.41, 5.74) is 2.55. The number of nitrogens with zero attached hydrogens (tertiary/aromatic N) is 2. The predicted molar refractivity (Wildman–Crippen MR) is 120 cm³/mol. The van der Waals surface area contributed by atoms with Crippen LogP contribution in [0.2, 0.25) is 0 Å². The van der Waals surface area contributed by atoms with Crippen LogP contribution in [0.15, 0.2) is 18.2 Å². The number of carbonyl (C=O) groups excluding carboxylic acids is 2. The van der Waals surface area contributed by atoms with Crippen molar-refractivity contribution in [2.45, 2.75) is 83.1 Å². The highest BCUT2D eigenvalue weighted by Gasteiger charge is 2.50. The van der Waals surface area contributed by atoms with Crippen molar-refractivity contribution in [3.8, 4) is 0 Å². The molecule has 0 radical (unpaired) electrons. The van der Waals surface area contributed by atoms with E-state index < -0.39 is 6.09 Å². The minimum Gasteiger partial charge on any atom is -0.453 e. The molecule has 2 amide bonds. The van der Waals surface area contributed by atoms with Crippen molar-refractivity contribution in [1.82, 2.24) is 15.2 Å². The molecular weight excluding hydrogens is 390 g/mol. The molecule has 170 valence electrons. The predicted octanol–water partition coefficient (Wildman–Crippen LogP) is 4.39. The van der Waals surface area contributed by atoms with Crippen LogP contribution in [0.1, 0.15) is 83.5 Å². The summed E-state index contributed by atoms with van der Waals surface area (Å²) in [6.45, 7) is 10.3. The largest absolute Gasteiger partial charge is 0.453 e. The van der Waals surface area contributed by atoms with E-state index in [1.165, 1.54) is 31.3 Å². The first-order valence-electron chi connectivity index (χ1n) is 11.6. The number of likely N-dealkylation sites (tertiary alicyclic amines) is 1. The SMILES string of the molecule is COC(=O)N[C@]1(C)C[C@H](C(=O)N2CCC3(CC2)CC(c2cccc(C(C)(C)C)n2)C3)C1. The zero-order chi connectivity index (χ0) is 22.4. The number of pyridine rings is 1. The first-order chi connectivity index (χ1) is 14.5. The fourth-order valence-corrected chi connectivity index (χ4v) is 5.76. The second kappa shape index (κ2) is 7.79. The minimum absolute atomic E-state index is 0.0229. The Labute approximate surface area is 186 Å². The Morgan fingerprint density at radius 2 is 1.77 bits per heavy atom. The van der Waals surface area contributed by atoms with Crippen LogP contribution >= 0.6 is 0 Å². The molecule has 0 aromatic carbocycles. The van der Waals surface area contributed by atoms with Crippen molar-refractivity contribution < 1.29 is 14.3 Å². The highest BCUT2D eigenvalue weighted by atomic mass is 16.5. The topological polar surface area (TPSA) is 71.5 Å². The summed E-state index contributed by atoms with van der Waals surface area (Å²) in [6.07, 6.45) is 5.55. The van der Waals surface area contributed by atoms with Gasteiger partial charge in [0, 0.05) is 47.3 Å². The first kappa shape index (κ1) is 22.1. The quantitative estimate of drug-likeness (QED) is 0.777. The third-order valence-corrected chi connectivity index (χ3v) is 7.78. The molecule has 1 aromatic rings. The van der Waals surface area contributed by atoms with Gasteiger partial charge in [-0.25, -0.2) is 4.79 Å². The van der Waals surface area contributed by atoms with Gasteiger partial charge in [0.25, 0.3) is 0 Å². The number of amides is 2. The van der Waals surface area contributed by atoms with Gasteiger partial charge in [-0.1, -0.05) is 26.8 Å². The molecule has 3 aliphatic rings. The molecule has 1 N–H and O–H groups in total. The number of aromatic nitrogens is 1. The van der Waals surface area contributed by atoms with E-state index in [0.717, 1.165) is 25.9 Å². The van der Waals surface area contributed by atoms with Crippen LogP contribution in [0.25, 0.3) is 0 Å². The maximum atomic E-state index is 12.9. The summed E-state index contributed by atoms with van der Waals surface area (Å²) in [6, 6.07) is 6.46. The number of ether oxygens (including phenoxy) is 1. The Morgan fingerprint density at radius 1 is 1.13 bits per heavy atom. The maximum Gasteiger partial charge on any atom is 0.407 e. The Hall–Kier alpha value is -2.11. The summed E-state index contributed by atoms with van der Waals surface area (Å²) in [4.78, 5) is 31.4. The number of carbonyl (C=O) groups is 2. The second-order valence-corrected chi connectivity index (χ2v) is 11.4. The number of piperidine rings is 1. The molecule has 2 saturated carbocycles. The van der Waals surface area contributed by atoms with Crippen molar-refractivity contribution >= 4 is 12.0 Å². The van der Waals surface area contributed by atoms with Crippen LogP contribution in [-0.4, -0.2) is 47.6 Å². The Morgan fingerprint density at radius 3 is 2.35 bits per heavy atom. The number of rotatable bonds is 3.